The van der Waals surface area contributed by atoms with E-state index in [0.29, 0.717) is 41.3 Å². The number of hydrogen-bond donors (Lipinski definition) is 2. The topological polar surface area (TPSA) is 131 Å². The van der Waals surface area contributed by atoms with Crippen molar-refractivity contribution in [3.63, 3.8) is 0 Å². The first kappa shape index (κ1) is 39.9. The van der Waals surface area contributed by atoms with Crippen molar-refractivity contribution in [3.05, 3.63) is 150 Å². The van der Waals surface area contributed by atoms with Crippen molar-refractivity contribution < 1.29 is 33.8 Å². The monoisotopic (exact) mass is 808 g/mol. The molecule has 0 aromatic heterocycles. The van der Waals surface area contributed by atoms with Gasteiger partial charge in [-0.3, -0.25) is 29.0 Å². The van der Waals surface area contributed by atoms with Crippen LogP contribution in [0.1, 0.15) is 35.6 Å². The molecule has 1 fully saturated rings. The molecule has 12 heteroatoms. The maximum atomic E-state index is 15.3. The highest BCUT2D eigenvalue weighted by Gasteiger charge is 2.66. The maximum Gasteiger partial charge on any atom is 0.264 e. The minimum absolute atomic E-state index is 0.0880. The summed E-state index contributed by atoms with van der Waals surface area (Å²) in [5, 5.41) is 10.4. The van der Waals surface area contributed by atoms with E-state index < -0.39 is 37.5 Å². The Morgan fingerprint density at radius 3 is 1.97 bits per heavy atom. The molecule has 59 heavy (non-hydrogen) atoms. The van der Waals surface area contributed by atoms with Crippen LogP contribution in [0.5, 0.6) is 0 Å². The molecule has 4 amide bonds. The first-order valence-corrected chi connectivity index (χ1v) is 23.0. The molecule has 302 valence electrons. The number of anilines is 5. The lowest BCUT2D eigenvalue weighted by Gasteiger charge is -2.37. The smallest absolute Gasteiger partial charge is 0.264 e. The third-order valence-electron chi connectivity index (χ3n) is 12.3. The zero-order valence-corrected chi connectivity index (χ0v) is 34.3. The van der Waals surface area contributed by atoms with Gasteiger partial charge >= 0.3 is 0 Å². The highest BCUT2D eigenvalue weighted by Crippen LogP contribution is 2.60. The van der Waals surface area contributed by atoms with E-state index >= 15 is 4.79 Å². The normalized spacial score (nSPS) is 22.2. The second kappa shape index (κ2) is 16.0. The van der Waals surface area contributed by atoms with E-state index in [1.165, 1.54) is 4.90 Å². The molecule has 3 heterocycles. The Labute approximate surface area is 345 Å². The molecule has 0 radical (unpaired) electrons. The van der Waals surface area contributed by atoms with Crippen LogP contribution in [0, 0.1) is 5.92 Å². The average Bonchev–Trinajstić information content (AvgIpc) is 3.67. The Bertz CT molecular complexity index is 2360. The lowest BCUT2D eigenvalue weighted by molar-refractivity contribution is -0.151. The molecule has 0 bridgehead atoms. The predicted octanol–water partition coefficient (Wildman–Crippen LogP) is 6.96. The van der Waals surface area contributed by atoms with Crippen molar-refractivity contribution in [1.82, 2.24) is 4.90 Å². The van der Waals surface area contributed by atoms with Gasteiger partial charge in [0.05, 0.1) is 37.4 Å². The number of nitrogens with zero attached hydrogens (tertiary/aromatic N) is 4. The maximum absolute atomic E-state index is 15.3. The highest BCUT2D eigenvalue weighted by molar-refractivity contribution is 6.71. The van der Waals surface area contributed by atoms with E-state index in [9.17, 15) is 24.3 Å². The second-order valence-corrected chi connectivity index (χ2v) is 20.3. The van der Waals surface area contributed by atoms with E-state index in [0.717, 1.165) is 35.2 Å². The summed E-state index contributed by atoms with van der Waals surface area (Å²) in [5.74, 6) is -1.11. The lowest BCUT2D eigenvalue weighted by Crippen LogP contribution is -2.48. The summed E-state index contributed by atoms with van der Waals surface area (Å²) in [6.07, 6.45) is 1.12. The van der Waals surface area contributed by atoms with Gasteiger partial charge in [0.25, 0.3) is 5.91 Å². The van der Waals surface area contributed by atoms with Crippen molar-refractivity contribution in [2.75, 3.05) is 21.3 Å². The molecule has 1 saturated heterocycles. The summed E-state index contributed by atoms with van der Waals surface area (Å²) in [4.78, 5) is 73.0. The summed E-state index contributed by atoms with van der Waals surface area (Å²) in [5.41, 5.74) is 4.51. The van der Waals surface area contributed by atoms with Crippen LogP contribution in [0.15, 0.2) is 127 Å². The van der Waals surface area contributed by atoms with Crippen LogP contribution in [-0.4, -0.2) is 66.5 Å². The van der Waals surface area contributed by atoms with Gasteiger partial charge in [-0.15, -0.1) is 0 Å². The van der Waals surface area contributed by atoms with Crippen molar-refractivity contribution in [3.8, 4) is 0 Å². The fourth-order valence-electron chi connectivity index (χ4n) is 9.57. The van der Waals surface area contributed by atoms with Gasteiger partial charge in [0.2, 0.25) is 18.7 Å². The second-order valence-electron chi connectivity index (χ2n) is 16.3. The summed E-state index contributed by atoms with van der Waals surface area (Å²) in [6.45, 7) is 5.87. The minimum atomic E-state index is -3.15. The van der Waals surface area contributed by atoms with E-state index in [1.54, 1.807) is 20.8 Å². The van der Waals surface area contributed by atoms with E-state index in [-0.39, 0.29) is 31.4 Å². The van der Waals surface area contributed by atoms with Crippen LogP contribution in [0.3, 0.4) is 0 Å². The van der Waals surface area contributed by atoms with Gasteiger partial charge in [0.1, 0.15) is 0 Å². The Morgan fingerprint density at radius 1 is 0.814 bits per heavy atom. The summed E-state index contributed by atoms with van der Waals surface area (Å²) in [7, 11) is -3.15. The number of hydrogen-bond acceptors (Lipinski definition) is 7. The molecule has 0 aliphatic carbocycles. The number of carbonyl (C=O) groups is 4. The van der Waals surface area contributed by atoms with Crippen molar-refractivity contribution >= 4 is 61.4 Å². The van der Waals surface area contributed by atoms with E-state index in [2.05, 4.69) is 0 Å². The molecule has 3 aliphatic heterocycles. The number of aliphatic hydroxyl groups is 1. The fourth-order valence-corrected chi connectivity index (χ4v) is 12.1. The molecule has 0 unspecified atom stereocenters. The lowest BCUT2D eigenvalue weighted by atomic mass is 9.82. The zero-order valence-electron chi connectivity index (χ0n) is 33.3. The Hall–Kier alpha value is -5.92. The number of aliphatic hydroxyl groups excluding tert-OH is 1. The van der Waals surface area contributed by atoms with Crippen molar-refractivity contribution in [2.45, 2.75) is 69.2 Å². The standard InChI is InChI=1S/C47H48N4O7Si/c1-32-45(59(2,3)57)43(26-44(55)48-28-35-13-11-10-12-34(35)24-40(48)29-52)58-47(32)41-25-39(51(31-54)37-16-8-5-9-17-37)22-23-42(41)49(46(47)56)27-33-18-20-38(21-19-33)50(30-53)36-14-6-4-7-15-36/h4-23,25,30-32,40,43,45,52,57H,24,26-29H2,1-3H3/t32-,40-,43+,45-,47+/m0/s1. The third-order valence-corrected chi connectivity index (χ3v) is 14.8. The van der Waals surface area contributed by atoms with Crippen molar-refractivity contribution in [1.29, 1.82) is 0 Å². The molecule has 5 atom stereocenters. The van der Waals surface area contributed by atoms with Crippen LogP contribution < -0.4 is 14.7 Å². The third kappa shape index (κ3) is 7.16. The summed E-state index contributed by atoms with van der Waals surface area (Å²) >= 11 is 0. The molecule has 0 saturated carbocycles. The van der Waals surface area contributed by atoms with Crippen LogP contribution in [-0.2, 0) is 49.0 Å². The Balaban J connectivity index is 1.17. The minimum Gasteiger partial charge on any atom is -0.432 e. The van der Waals surface area contributed by atoms with E-state index in [4.69, 9.17) is 4.74 Å². The first-order valence-electron chi connectivity index (χ1n) is 20.0. The number of benzene rings is 5. The Kier molecular flexibility index (Phi) is 10.8. The SMILES string of the molecule is C[C@H]1[C@H]([Si](C)(C)O)[C@@H](CC(=O)N2Cc3ccccc3C[C@H]2CO)O[C@]12C(=O)N(Cc1ccc(N(C=O)c3ccccc3)cc1)c1ccc(N(C=O)c3ccccc3)cc12. The van der Waals surface area contributed by atoms with Crippen LogP contribution in [0.4, 0.5) is 28.4 Å². The van der Waals surface area contributed by atoms with Gasteiger partial charge in [-0.1, -0.05) is 79.7 Å². The molecule has 5 aromatic rings. The molecule has 3 aliphatic rings. The van der Waals surface area contributed by atoms with E-state index in [1.807, 2.05) is 141 Å². The fraction of sp³-hybridized carbons (Fsp3) is 0.277. The van der Waals surface area contributed by atoms with Gasteiger partial charge in [-0.2, -0.15) is 0 Å². The highest BCUT2D eigenvalue weighted by atomic mass is 28.4. The van der Waals surface area contributed by atoms with Crippen LogP contribution in [0.2, 0.25) is 18.6 Å². The largest absolute Gasteiger partial charge is 0.432 e. The van der Waals surface area contributed by atoms with Crippen LogP contribution in [0.25, 0.3) is 0 Å². The van der Waals surface area contributed by atoms with Gasteiger partial charge in [0.15, 0.2) is 13.9 Å². The zero-order chi connectivity index (χ0) is 41.5. The molecular formula is C47H48N4O7Si. The van der Waals surface area contributed by atoms with Gasteiger partial charge in [0, 0.05) is 46.3 Å². The predicted molar refractivity (Wildman–Crippen MR) is 229 cm³/mol. The molecule has 1 spiro atoms. The number of amides is 4. The van der Waals surface area contributed by atoms with Crippen LogP contribution >= 0.6 is 0 Å². The first-order chi connectivity index (χ1) is 28.5. The van der Waals surface area contributed by atoms with Gasteiger partial charge < -0.3 is 24.4 Å². The Morgan fingerprint density at radius 2 is 1.37 bits per heavy atom. The number of para-hydroxylation sites is 2. The number of fused-ring (bicyclic) bond motifs is 3. The summed E-state index contributed by atoms with van der Waals surface area (Å²) in [6, 6.07) is 38.9. The number of carbonyl (C=O) groups excluding carboxylic acids is 4. The average molecular weight is 809 g/mol. The molecule has 5 aromatic carbocycles. The molecule has 8 rings (SSSR count). The van der Waals surface area contributed by atoms with Crippen molar-refractivity contribution in [2.24, 2.45) is 5.92 Å². The molecular weight excluding hydrogens is 761 g/mol. The van der Waals surface area contributed by atoms with Gasteiger partial charge in [-0.05, 0) is 90.8 Å². The number of rotatable bonds is 12. The van der Waals surface area contributed by atoms with Gasteiger partial charge in [-0.25, -0.2) is 0 Å². The quantitative estimate of drug-likeness (QED) is 0.103. The molecule has 11 nitrogen and oxygen atoms in total. The molecule has 2 N–H and O–H groups in total. The summed E-state index contributed by atoms with van der Waals surface area (Å²) < 4.78 is 7.08. The number of ether oxygens (including phenoxy) is 1.